The highest BCUT2D eigenvalue weighted by atomic mass is 19.1. The van der Waals surface area contributed by atoms with Gasteiger partial charge in [0.1, 0.15) is 17.4 Å². The van der Waals surface area contributed by atoms with Gasteiger partial charge >= 0.3 is 5.97 Å². The highest BCUT2D eigenvalue weighted by molar-refractivity contribution is 5.97. The van der Waals surface area contributed by atoms with E-state index in [1.165, 1.54) is 25.4 Å². The Labute approximate surface area is 171 Å². The first-order chi connectivity index (χ1) is 14.3. The van der Waals surface area contributed by atoms with Crippen molar-refractivity contribution < 1.29 is 18.7 Å². The third-order valence-corrected chi connectivity index (χ3v) is 4.74. The molecule has 0 aliphatic heterocycles. The van der Waals surface area contributed by atoms with E-state index in [0.717, 1.165) is 16.3 Å². The molecule has 3 aromatic rings. The fourth-order valence-electron chi connectivity index (χ4n) is 3.36. The van der Waals surface area contributed by atoms with E-state index in [4.69, 9.17) is 0 Å². The maximum atomic E-state index is 13.6. The Balaban J connectivity index is 2.02. The molecule has 0 amide bonds. The van der Waals surface area contributed by atoms with E-state index < -0.39 is 23.1 Å². The lowest BCUT2D eigenvalue weighted by molar-refractivity contribution is 0.0599. The maximum absolute atomic E-state index is 13.6. The normalized spacial score (nSPS) is 10.5. The van der Waals surface area contributed by atoms with E-state index in [0.29, 0.717) is 16.9 Å². The Morgan fingerprint density at radius 3 is 2.57 bits per heavy atom. The van der Waals surface area contributed by atoms with Crippen LogP contribution in [0.5, 0.6) is 0 Å². The monoisotopic (exact) mass is 407 g/mol. The number of pyridine rings is 1. The molecule has 8 heteroatoms. The minimum Gasteiger partial charge on any atom is -0.465 e. The number of nitriles is 1. The van der Waals surface area contributed by atoms with E-state index in [9.17, 15) is 24.0 Å². The molecule has 152 valence electrons. The lowest BCUT2D eigenvalue weighted by Gasteiger charge is -2.11. The van der Waals surface area contributed by atoms with Crippen LogP contribution in [0.3, 0.4) is 0 Å². The summed E-state index contributed by atoms with van der Waals surface area (Å²) in [5, 5.41) is 9.17. The van der Waals surface area contributed by atoms with Crippen LogP contribution in [0.15, 0.2) is 47.4 Å². The Hall–Kier alpha value is -3.99. The van der Waals surface area contributed by atoms with Crippen molar-refractivity contribution in [1.82, 2.24) is 9.13 Å². The van der Waals surface area contributed by atoms with E-state index in [2.05, 4.69) is 4.74 Å². The first kappa shape index (κ1) is 20.7. The molecule has 30 heavy (non-hydrogen) atoms. The molecule has 0 unspecified atom stereocenters. The van der Waals surface area contributed by atoms with Crippen LogP contribution < -0.4 is 5.56 Å². The molecular weight excluding hydrogens is 389 g/mol. The zero-order chi connectivity index (χ0) is 22.0. The van der Waals surface area contributed by atoms with Crippen molar-refractivity contribution in [2.45, 2.75) is 20.4 Å². The summed E-state index contributed by atoms with van der Waals surface area (Å²) in [7, 11) is 1.18. The van der Waals surface area contributed by atoms with Gasteiger partial charge < -0.3 is 13.9 Å². The van der Waals surface area contributed by atoms with Crippen LogP contribution in [0, 0.1) is 31.0 Å². The van der Waals surface area contributed by atoms with Gasteiger partial charge in [-0.25, -0.2) is 9.18 Å². The molecule has 0 saturated carbocycles. The lowest BCUT2D eigenvalue weighted by atomic mass is 10.1. The Bertz CT molecular complexity index is 1260. The Morgan fingerprint density at radius 1 is 1.20 bits per heavy atom. The van der Waals surface area contributed by atoms with E-state index >= 15 is 0 Å². The number of aryl methyl sites for hydroxylation is 1. The molecule has 0 bridgehead atoms. The topological polar surface area (TPSA) is 94.1 Å². The number of hydrogen-bond acceptors (Lipinski definition) is 5. The predicted molar refractivity (Wildman–Crippen MR) is 106 cm³/mol. The fraction of sp³-hybridized carbons (Fsp3) is 0.182. The number of halogens is 1. The van der Waals surface area contributed by atoms with Gasteiger partial charge in [-0.2, -0.15) is 5.26 Å². The predicted octanol–water partition coefficient (Wildman–Crippen LogP) is 2.94. The average molecular weight is 407 g/mol. The highest BCUT2D eigenvalue weighted by Crippen LogP contribution is 2.22. The summed E-state index contributed by atoms with van der Waals surface area (Å²) >= 11 is 0. The number of rotatable bonds is 5. The van der Waals surface area contributed by atoms with Crippen LogP contribution in [0.1, 0.15) is 37.7 Å². The number of ether oxygens (including phenoxy) is 1. The summed E-state index contributed by atoms with van der Waals surface area (Å²) in [5.41, 5.74) is 1.27. The molecule has 0 atom stereocenters. The zero-order valence-electron chi connectivity index (χ0n) is 16.6. The summed E-state index contributed by atoms with van der Waals surface area (Å²) in [4.78, 5) is 37.2. The van der Waals surface area contributed by atoms with Crippen LogP contribution in [0.2, 0.25) is 0 Å². The van der Waals surface area contributed by atoms with E-state index in [1.54, 1.807) is 42.7 Å². The zero-order valence-corrected chi connectivity index (χ0v) is 16.6. The Morgan fingerprint density at radius 2 is 1.93 bits per heavy atom. The van der Waals surface area contributed by atoms with E-state index in [1.807, 2.05) is 0 Å². The summed E-state index contributed by atoms with van der Waals surface area (Å²) in [6.07, 6.45) is 1.19. The van der Waals surface area contributed by atoms with Gasteiger partial charge in [0.15, 0.2) is 5.78 Å². The first-order valence-electron chi connectivity index (χ1n) is 8.97. The van der Waals surface area contributed by atoms with E-state index in [-0.39, 0.29) is 17.7 Å². The number of nitrogens with zero attached hydrogens (tertiary/aromatic N) is 3. The second kappa shape index (κ2) is 8.17. The maximum Gasteiger partial charge on any atom is 0.339 e. The number of esters is 1. The van der Waals surface area contributed by atoms with Crippen molar-refractivity contribution in [2.75, 3.05) is 7.11 Å². The summed E-state index contributed by atoms with van der Waals surface area (Å²) in [5.74, 6) is -1.51. The second-order valence-electron chi connectivity index (χ2n) is 6.70. The molecule has 0 aliphatic carbocycles. The third-order valence-electron chi connectivity index (χ3n) is 4.74. The van der Waals surface area contributed by atoms with Gasteiger partial charge in [0, 0.05) is 28.8 Å². The summed E-state index contributed by atoms with van der Waals surface area (Å²) in [6.45, 7) is 3.14. The summed E-state index contributed by atoms with van der Waals surface area (Å²) < 4.78 is 21.0. The molecule has 0 fully saturated rings. The van der Waals surface area contributed by atoms with Crippen molar-refractivity contribution >= 4 is 11.8 Å². The first-order valence-corrected chi connectivity index (χ1v) is 8.97. The van der Waals surface area contributed by atoms with Crippen LogP contribution in [0.4, 0.5) is 4.39 Å². The molecule has 0 spiro atoms. The molecule has 7 nitrogen and oxygen atoms in total. The van der Waals surface area contributed by atoms with Gasteiger partial charge in [-0.15, -0.1) is 0 Å². The third kappa shape index (κ3) is 3.78. The van der Waals surface area contributed by atoms with Crippen molar-refractivity contribution in [3.05, 3.63) is 86.8 Å². The van der Waals surface area contributed by atoms with Crippen LogP contribution in [-0.4, -0.2) is 28.0 Å². The number of aromatic nitrogens is 2. The number of carbonyl (C=O) groups excluding carboxylic acids is 2. The Kier molecular flexibility index (Phi) is 5.65. The molecule has 0 radical (unpaired) electrons. The van der Waals surface area contributed by atoms with Crippen LogP contribution >= 0.6 is 0 Å². The quantitative estimate of drug-likeness (QED) is 0.479. The van der Waals surface area contributed by atoms with Crippen molar-refractivity contribution in [2.24, 2.45) is 0 Å². The number of hydrogen-bond donors (Lipinski definition) is 0. The van der Waals surface area contributed by atoms with Crippen molar-refractivity contribution in [3.8, 4) is 11.8 Å². The SMILES string of the molecule is COC(=O)c1cc(C#N)c(=O)n(CC(=O)c2cc(C)n(-c3cccc(F)c3)c2C)c1. The van der Waals surface area contributed by atoms with Gasteiger partial charge in [-0.05, 0) is 44.2 Å². The standard InChI is InChI=1S/C22H18FN3O4/c1-13-7-19(14(2)26(13)18-6-4-5-17(23)9-18)20(27)12-25-11-16(22(29)30-3)8-15(10-24)21(25)28/h4-9,11H,12H2,1-3H3. The lowest BCUT2D eigenvalue weighted by Crippen LogP contribution is -2.27. The van der Waals surface area contributed by atoms with Crippen molar-refractivity contribution in [1.29, 1.82) is 5.26 Å². The molecule has 0 saturated heterocycles. The van der Waals surface area contributed by atoms with Gasteiger partial charge in [0.05, 0.1) is 19.2 Å². The largest absolute Gasteiger partial charge is 0.465 e. The van der Waals surface area contributed by atoms with Gasteiger partial charge in [0.2, 0.25) is 0 Å². The average Bonchev–Trinajstić information content (AvgIpc) is 3.02. The molecule has 3 rings (SSSR count). The number of methoxy groups -OCH3 is 1. The minimum atomic E-state index is -0.725. The highest BCUT2D eigenvalue weighted by Gasteiger charge is 2.19. The van der Waals surface area contributed by atoms with Crippen molar-refractivity contribution in [3.63, 3.8) is 0 Å². The van der Waals surface area contributed by atoms with Gasteiger partial charge in [0.25, 0.3) is 5.56 Å². The molecule has 0 N–H and O–H groups in total. The summed E-state index contributed by atoms with van der Waals surface area (Å²) in [6, 6.07) is 10.5. The number of carbonyl (C=O) groups is 2. The number of benzene rings is 1. The smallest absolute Gasteiger partial charge is 0.339 e. The van der Waals surface area contributed by atoms with Gasteiger partial charge in [-0.3, -0.25) is 9.59 Å². The molecule has 2 heterocycles. The molecule has 2 aromatic heterocycles. The van der Waals surface area contributed by atoms with Crippen LogP contribution in [0.25, 0.3) is 5.69 Å². The molecular formula is C22H18FN3O4. The molecule has 1 aromatic carbocycles. The minimum absolute atomic E-state index is 0.00770. The fourth-order valence-corrected chi connectivity index (χ4v) is 3.36. The number of ketones is 1. The second-order valence-corrected chi connectivity index (χ2v) is 6.70. The number of Topliss-reactive ketones (excluding diaryl/α,β-unsaturated/α-hetero) is 1. The van der Waals surface area contributed by atoms with Crippen LogP contribution in [-0.2, 0) is 11.3 Å². The van der Waals surface area contributed by atoms with Gasteiger partial charge in [-0.1, -0.05) is 6.07 Å². The molecule has 0 aliphatic rings.